The zero-order valence-electron chi connectivity index (χ0n) is 10.8. The molecule has 0 saturated carbocycles. The van der Waals surface area contributed by atoms with Crippen molar-refractivity contribution in [3.8, 4) is 6.07 Å². The van der Waals surface area contributed by atoms with Crippen LogP contribution in [0.3, 0.4) is 0 Å². The Hall–Kier alpha value is -2.41. The van der Waals surface area contributed by atoms with E-state index in [9.17, 15) is 4.79 Å². The molecule has 0 fully saturated rings. The van der Waals surface area contributed by atoms with Gasteiger partial charge in [0.2, 0.25) is 5.91 Å². The van der Waals surface area contributed by atoms with Crippen molar-refractivity contribution in [2.45, 2.75) is 19.8 Å². The maximum atomic E-state index is 12.0. The van der Waals surface area contributed by atoms with Gasteiger partial charge < -0.3 is 5.32 Å². The molecule has 1 atom stereocenters. The van der Waals surface area contributed by atoms with E-state index in [4.69, 9.17) is 5.26 Å². The van der Waals surface area contributed by atoms with Crippen LogP contribution < -0.4 is 5.32 Å². The predicted octanol–water partition coefficient (Wildman–Crippen LogP) is 3.11. The Morgan fingerprint density at radius 2 is 2.26 bits per heavy atom. The lowest BCUT2D eigenvalue weighted by molar-refractivity contribution is -0.118. The molecule has 1 heterocycles. The smallest absolute Gasteiger partial charge is 0.241 e. The summed E-state index contributed by atoms with van der Waals surface area (Å²) in [4.78, 5) is 16.3. The third-order valence-corrected chi connectivity index (χ3v) is 2.95. The number of anilines is 1. The first-order chi connectivity index (χ1) is 9.26. The van der Waals surface area contributed by atoms with E-state index < -0.39 is 5.92 Å². The lowest BCUT2D eigenvalue weighted by Gasteiger charge is -2.11. The minimum absolute atomic E-state index is 0.249. The Morgan fingerprint density at radius 1 is 1.42 bits per heavy atom. The first kappa shape index (κ1) is 13.0. The molecule has 4 nitrogen and oxygen atoms in total. The lowest BCUT2D eigenvalue weighted by atomic mass is 10.0. The predicted molar refractivity (Wildman–Crippen MR) is 74.4 cm³/mol. The summed E-state index contributed by atoms with van der Waals surface area (Å²) >= 11 is 0. The molecule has 2 aromatic rings. The molecule has 19 heavy (non-hydrogen) atoms. The van der Waals surface area contributed by atoms with Gasteiger partial charge in [-0.05, 0) is 30.7 Å². The highest BCUT2D eigenvalue weighted by Gasteiger charge is 2.17. The van der Waals surface area contributed by atoms with Gasteiger partial charge in [0.15, 0.2) is 0 Å². The van der Waals surface area contributed by atoms with Gasteiger partial charge in [-0.1, -0.05) is 19.4 Å². The second kappa shape index (κ2) is 5.96. The van der Waals surface area contributed by atoms with E-state index in [2.05, 4.69) is 10.3 Å². The van der Waals surface area contributed by atoms with E-state index in [1.807, 2.05) is 43.3 Å². The topological polar surface area (TPSA) is 65.8 Å². The molecule has 2 rings (SSSR count). The van der Waals surface area contributed by atoms with Gasteiger partial charge in [-0.3, -0.25) is 9.78 Å². The Bertz CT molecular complexity index is 625. The molecule has 0 radical (unpaired) electrons. The number of carbonyl (C=O) groups is 1. The van der Waals surface area contributed by atoms with Gasteiger partial charge in [-0.25, -0.2) is 0 Å². The molecule has 4 heteroatoms. The number of aromatic nitrogens is 1. The van der Waals surface area contributed by atoms with Crippen LogP contribution in [0.4, 0.5) is 5.69 Å². The Labute approximate surface area is 112 Å². The molecule has 0 aliphatic carbocycles. The number of amides is 1. The maximum Gasteiger partial charge on any atom is 0.241 e. The molecule has 0 aliphatic heterocycles. The molecular weight excluding hydrogens is 238 g/mol. The third kappa shape index (κ3) is 2.89. The van der Waals surface area contributed by atoms with Crippen LogP contribution >= 0.6 is 0 Å². The van der Waals surface area contributed by atoms with Crippen molar-refractivity contribution in [2.75, 3.05) is 5.32 Å². The summed E-state index contributed by atoms with van der Waals surface area (Å²) in [6.45, 7) is 1.96. The molecule has 1 amide bonds. The molecule has 0 bridgehead atoms. The second-order valence-electron chi connectivity index (χ2n) is 4.34. The number of fused-ring (bicyclic) bond motifs is 1. The summed E-state index contributed by atoms with van der Waals surface area (Å²) in [5.41, 5.74) is 1.52. The van der Waals surface area contributed by atoms with E-state index in [0.29, 0.717) is 12.1 Å². The van der Waals surface area contributed by atoms with Gasteiger partial charge in [0.25, 0.3) is 0 Å². The van der Waals surface area contributed by atoms with Gasteiger partial charge in [0.1, 0.15) is 5.92 Å². The summed E-state index contributed by atoms with van der Waals surface area (Å²) < 4.78 is 0. The highest BCUT2D eigenvalue weighted by molar-refractivity contribution is 6.02. The Morgan fingerprint density at radius 3 is 3.00 bits per heavy atom. The van der Waals surface area contributed by atoms with Crippen LogP contribution in [0.15, 0.2) is 36.5 Å². The van der Waals surface area contributed by atoms with Crippen LogP contribution in [0, 0.1) is 17.2 Å². The van der Waals surface area contributed by atoms with Crippen LogP contribution in [0.5, 0.6) is 0 Å². The van der Waals surface area contributed by atoms with Crippen molar-refractivity contribution in [1.82, 2.24) is 4.98 Å². The van der Waals surface area contributed by atoms with Crippen molar-refractivity contribution in [2.24, 2.45) is 5.92 Å². The monoisotopic (exact) mass is 253 g/mol. The normalized spacial score (nSPS) is 11.8. The fourth-order valence-corrected chi connectivity index (χ4v) is 1.98. The van der Waals surface area contributed by atoms with Crippen LogP contribution in [0.25, 0.3) is 10.9 Å². The molecule has 1 unspecified atom stereocenters. The first-order valence-electron chi connectivity index (χ1n) is 6.30. The largest absolute Gasteiger partial charge is 0.324 e. The van der Waals surface area contributed by atoms with E-state index in [-0.39, 0.29) is 5.91 Å². The molecule has 0 spiro atoms. The third-order valence-electron chi connectivity index (χ3n) is 2.95. The summed E-state index contributed by atoms with van der Waals surface area (Å²) in [5, 5.41) is 12.7. The average molecular weight is 253 g/mol. The molecule has 1 aromatic carbocycles. The summed E-state index contributed by atoms with van der Waals surface area (Å²) in [6.07, 6.45) is 3.09. The van der Waals surface area contributed by atoms with Gasteiger partial charge in [-0.2, -0.15) is 5.26 Å². The first-order valence-corrected chi connectivity index (χ1v) is 6.30. The second-order valence-corrected chi connectivity index (χ2v) is 4.34. The maximum absolute atomic E-state index is 12.0. The standard InChI is InChI=1S/C15H15N3O/c1-2-5-11(10-16)15(19)18-14-8-3-7-13-12(14)6-4-9-17-13/h3-4,6-9,11H,2,5H2,1H3,(H,18,19). The number of benzene rings is 1. The number of hydrogen-bond acceptors (Lipinski definition) is 3. The van der Waals surface area contributed by atoms with Crippen molar-refractivity contribution >= 4 is 22.5 Å². The number of nitrogens with zero attached hydrogens (tertiary/aromatic N) is 2. The van der Waals surface area contributed by atoms with E-state index in [1.54, 1.807) is 6.20 Å². The molecule has 1 aromatic heterocycles. The quantitative estimate of drug-likeness (QED) is 0.910. The molecule has 1 N–H and O–H groups in total. The van der Waals surface area contributed by atoms with Crippen LogP contribution in [0.2, 0.25) is 0 Å². The van der Waals surface area contributed by atoms with Gasteiger partial charge in [0, 0.05) is 11.6 Å². The molecule has 0 saturated heterocycles. The minimum Gasteiger partial charge on any atom is -0.324 e. The molecule has 96 valence electrons. The van der Waals surface area contributed by atoms with Crippen LogP contribution in [-0.4, -0.2) is 10.9 Å². The Kier molecular flexibility index (Phi) is 4.09. The fraction of sp³-hybridized carbons (Fsp3) is 0.267. The zero-order valence-corrected chi connectivity index (χ0v) is 10.8. The number of pyridine rings is 1. The van der Waals surface area contributed by atoms with Crippen molar-refractivity contribution in [1.29, 1.82) is 5.26 Å². The number of carbonyl (C=O) groups excluding carboxylic acids is 1. The highest BCUT2D eigenvalue weighted by atomic mass is 16.1. The fourth-order valence-electron chi connectivity index (χ4n) is 1.98. The lowest BCUT2D eigenvalue weighted by Crippen LogP contribution is -2.21. The van der Waals surface area contributed by atoms with E-state index in [0.717, 1.165) is 17.3 Å². The summed E-state index contributed by atoms with van der Waals surface area (Å²) in [6, 6.07) is 11.3. The summed E-state index contributed by atoms with van der Waals surface area (Å²) in [7, 11) is 0. The van der Waals surface area contributed by atoms with Crippen LogP contribution in [0.1, 0.15) is 19.8 Å². The summed E-state index contributed by atoms with van der Waals surface area (Å²) in [5.74, 6) is -0.849. The number of hydrogen-bond donors (Lipinski definition) is 1. The van der Waals surface area contributed by atoms with Gasteiger partial charge >= 0.3 is 0 Å². The SMILES string of the molecule is CCCC(C#N)C(=O)Nc1cccc2ncccc12. The van der Waals surface area contributed by atoms with E-state index >= 15 is 0 Å². The highest BCUT2D eigenvalue weighted by Crippen LogP contribution is 2.22. The number of nitrogens with one attached hydrogen (secondary N) is 1. The van der Waals surface area contributed by atoms with Gasteiger partial charge in [-0.15, -0.1) is 0 Å². The number of nitriles is 1. The minimum atomic E-state index is -0.600. The molecular formula is C15H15N3O. The average Bonchev–Trinajstić information content (AvgIpc) is 2.45. The zero-order chi connectivity index (χ0) is 13.7. The van der Waals surface area contributed by atoms with Crippen molar-refractivity contribution in [3.63, 3.8) is 0 Å². The van der Waals surface area contributed by atoms with Crippen molar-refractivity contribution < 1.29 is 4.79 Å². The molecule has 0 aliphatic rings. The van der Waals surface area contributed by atoms with Gasteiger partial charge in [0.05, 0.1) is 17.3 Å². The Balaban J connectivity index is 2.27. The van der Waals surface area contributed by atoms with Crippen molar-refractivity contribution in [3.05, 3.63) is 36.5 Å². The van der Waals surface area contributed by atoms with Crippen LogP contribution in [-0.2, 0) is 4.79 Å². The number of rotatable bonds is 4. The van der Waals surface area contributed by atoms with E-state index in [1.165, 1.54) is 0 Å².